The van der Waals surface area contributed by atoms with Gasteiger partial charge in [0.2, 0.25) is 0 Å². The van der Waals surface area contributed by atoms with Crippen LogP contribution in [0.2, 0.25) is 0 Å². The van der Waals surface area contributed by atoms with E-state index in [0.717, 1.165) is 42.9 Å². The minimum absolute atomic E-state index is 0.619. The van der Waals surface area contributed by atoms with Crippen molar-refractivity contribution < 1.29 is 4.74 Å². The molecule has 0 aromatic heterocycles. The van der Waals surface area contributed by atoms with E-state index in [1.807, 2.05) is 12.1 Å². The smallest absolute Gasteiger partial charge is 0.122 e. The average molecular weight is 215 g/mol. The van der Waals surface area contributed by atoms with Crippen molar-refractivity contribution in [2.24, 2.45) is 15.9 Å². The molecule has 0 fully saturated rings. The van der Waals surface area contributed by atoms with Crippen LogP contribution in [0, 0.1) is 0 Å². The van der Waals surface area contributed by atoms with Crippen molar-refractivity contribution in [2.75, 3.05) is 6.61 Å². The van der Waals surface area contributed by atoms with Gasteiger partial charge in [-0.1, -0.05) is 0 Å². The van der Waals surface area contributed by atoms with Gasteiger partial charge >= 0.3 is 0 Å². The fourth-order valence-corrected chi connectivity index (χ4v) is 2.04. The molecule has 0 unspecified atom stereocenters. The number of fused-ring (bicyclic) bond motifs is 1. The third-order valence-electron chi connectivity index (χ3n) is 2.94. The van der Waals surface area contributed by atoms with E-state index in [9.17, 15) is 0 Å². The Kier molecular flexibility index (Phi) is 2.13. The van der Waals surface area contributed by atoms with E-state index in [0.29, 0.717) is 5.84 Å². The first-order valence-corrected chi connectivity index (χ1v) is 5.48. The number of ether oxygens (including phenoxy) is 1. The molecule has 0 radical (unpaired) electrons. The molecule has 82 valence electrons. The van der Waals surface area contributed by atoms with Gasteiger partial charge in [0.15, 0.2) is 0 Å². The summed E-state index contributed by atoms with van der Waals surface area (Å²) in [5, 5.41) is 8.08. The molecule has 0 atom stereocenters. The van der Waals surface area contributed by atoms with Crippen LogP contribution in [0.25, 0.3) is 0 Å². The van der Waals surface area contributed by atoms with Crippen LogP contribution in [0.15, 0.2) is 28.4 Å². The monoisotopic (exact) mass is 215 g/mol. The fraction of sp³-hybridized carbons (Fsp3) is 0.333. The van der Waals surface area contributed by atoms with Gasteiger partial charge in [-0.25, -0.2) is 0 Å². The first-order chi connectivity index (χ1) is 7.83. The van der Waals surface area contributed by atoms with Gasteiger partial charge in [0.1, 0.15) is 11.6 Å². The Bertz CT molecular complexity index is 491. The fourth-order valence-electron chi connectivity index (χ4n) is 2.04. The van der Waals surface area contributed by atoms with E-state index in [4.69, 9.17) is 10.5 Å². The lowest BCUT2D eigenvalue weighted by Crippen LogP contribution is -2.17. The van der Waals surface area contributed by atoms with Crippen molar-refractivity contribution in [2.45, 2.75) is 19.3 Å². The minimum Gasteiger partial charge on any atom is -0.493 e. The average Bonchev–Trinajstić information content (AvgIpc) is 2.77. The predicted molar refractivity (Wildman–Crippen MR) is 63.0 cm³/mol. The highest BCUT2D eigenvalue weighted by Crippen LogP contribution is 2.26. The number of nitrogens with two attached hydrogens (primary N) is 1. The summed E-state index contributed by atoms with van der Waals surface area (Å²) >= 11 is 0. The lowest BCUT2D eigenvalue weighted by molar-refractivity contribution is 0.357. The van der Waals surface area contributed by atoms with E-state index < -0.39 is 0 Å². The summed E-state index contributed by atoms with van der Waals surface area (Å²) in [5.41, 5.74) is 9.01. The molecule has 4 heteroatoms. The molecule has 2 heterocycles. The third kappa shape index (κ3) is 1.56. The molecular weight excluding hydrogens is 202 g/mol. The topological polar surface area (TPSA) is 60.0 Å². The van der Waals surface area contributed by atoms with Crippen molar-refractivity contribution >= 4 is 11.5 Å². The number of amidine groups is 1. The molecule has 0 aliphatic carbocycles. The lowest BCUT2D eigenvalue weighted by Gasteiger charge is -2.10. The first kappa shape index (κ1) is 9.39. The number of rotatable bonds is 1. The normalized spacial score (nSPS) is 18.5. The standard InChI is InChI=1S/C12H13N3O/c13-12-4-2-10(14-15-12)8-1-3-11-9(7-8)5-6-16-11/h1,3,7H,2,4-6H2,(H2,13,15). The molecule has 0 amide bonds. The first-order valence-electron chi connectivity index (χ1n) is 5.48. The highest BCUT2D eigenvalue weighted by Gasteiger charge is 2.15. The zero-order chi connectivity index (χ0) is 11.0. The summed E-state index contributed by atoms with van der Waals surface area (Å²) in [4.78, 5) is 0. The van der Waals surface area contributed by atoms with Crippen LogP contribution in [0.4, 0.5) is 0 Å². The molecule has 0 saturated heterocycles. The van der Waals surface area contributed by atoms with Crippen LogP contribution in [-0.2, 0) is 6.42 Å². The van der Waals surface area contributed by atoms with Gasteiger partial charge < -0.3 is 10.5 Å². The molecule has 1 aromatic carbocycles. The maximum absolute atomic E-state index is 5.59. The molecule has 2 N–H and O–H groups in total. The Morgan fingerprint density at radius 2 is 2.06 bits per heavy atom. The van der Waals surface area contributed by atoms with Crippen LogP contribution in [0.5, 0.6) is 5.75 Å². The Morgan fingerprint density at radius 3 is 2.88 bits per heavy atom. The van der Waals surface area contributed by atoms with Crippen molar-refractivity contribution in [1.82, 2.24) is 0 Å². The summed E-state index contributed by atoms with van der Waals surface area (Å²) in [5.74, 6) is 1.62. The summed E-state index contributed by atoms with van der Waals surface area (Å²) in [6, 6.07) is 6.21. The largest absolute Gasteiger partial charge is 0.493 e. The highest BCUT2D eigenvalue weighted by atomic mass is 16.5. The Morgan fingerprint density at radius 1 is 1.12 bits per heavy atom. The molecule has 4 nitrogen and oxygen atoms in total. The maximum Gasteiger partial charge on any atom is 0.122 e. The van der Waals surface area contributed by atoms with Gasteiger partial charge in [-0.3, -0.25) is 0 Å². The summed E-state index contributed by atoms with van der Waals surface area (Å²) in [7, 11) is 0. The molecule has 0 bridgehead atoms. The number of hydrogen-bond acceptors (Lipinski definition) is 4. The van der Waals surface area contributed by atoms with Crippen LogP contribution in [-0.4, -0.2) is 18.2 Å². The molecule has 2 aliphatic rings. The van der Waals surface area contributed by atoms with E-state index in [1.54, 1.807) is 0 Å². The van der Waals surface area contributed by atoms with E-state index >= 15 is 0 Å². The van der Waals surface area contributed by atoms with Crippen LogP contribution >= 0.6 is 0 Å². The molecule has 3 rings (SSSR count). The maximum atomic E-state index is 5.59. The third-order valence-corrected chi connectivity index (χ3v) is 2.94. The zero-order valence-electron chi connectivity index (χ0n) is 8.94. The van der Waals surface area contributed by atoms with Crippen LogP contribution in [0.3, 0.4) is 0 Å². The highest BCUT2D eigenvalue weighted by molar-refractivity contribution is 6.04. The summed E-state index contributed by atoms with van der Waals surface area (Å²) < 4.78 is 5.47. The predicted octanol–water partition coefficient (Wildman–Crippen LogP) is 1.48. The van der Waals surface area contributed by atoms with E-state index in [1.165, 1.54) is 5.56 Å². The SMILES string of the molecule is NC1=NN=C(c2ccc3c(c2)CCO3)CC1. The van der Waals surface area contributed by atoms with Gasteiger partial charge in [-0.2, -0.15) is 5.10 Å². The van der Waals surface area contributed by atoms with Crippen LogP contribution < -0.4 is 10.5 Å². The Hall–Kier alpha value is -1.84. The van der Waals surface area contributed by atoms with Crippen LogP contribution in [0.1, 0.15) is 24.0 Å². The number of hydrogen-bond donors (Lipinski definition) is 1. The van der Waals surface area contributed by atoms with E-state index in [-0.39, 0.29) is 0 Å². The molecule has 0 saturated carbocycles. The second-order valence-electron chi connectivity index (χ2n) is 4.06. The second-order valence-corrected chi connectivity index (χ2v) is 4.06. The Balaban J connectivity index is 1.96. The lowest BCUT2D eigenvalue weighted by atomic mass is 10.0. The van der Waals surface area contributed by atoms with Crippen molar-refractivity contribution in [3.63, 3.8) is 0 Å². The Labute approximate surface area is 93.8 Å². The second kappa shape index (κ2) is 3.63. The molecule has 16 heavy (non-hydrogen) atoms. The van der Waals surface area contributed by atoms with Gasteiger partial charge in [0, 0.05) is 12.8 Å². The van der Waals surface area contributed by atoms with Crippen molar-refractivity contribution in [3.8, 4) is 5.75 Å². The molecule has 0 spiro atoms. The van der Waals surface area contributed by atoms with Crippen molar-refractivity contribution in [1.29, 1.82) is 0 Å². The van der Waals surface area contributed by atoms with Gasteiger partial charge in [0.05, 0.1) is 12.3 Å². The molecule has 2 aliphatic heterocycles. The summed E-state index contributed by atoms with van der Waals surface area (Å²) in [6.07, 6.45) is 2.66. The van der Waals surface area contributed by atoms with E-state index in [2.05, 4.69) is 16.3 Å². The quantitative estimate of drug-likeness (QED) is 0.771. The summed E-state index contributed by atoms with van der Waals surface area (Å²) in [6.45, 7) is 0.788. The number of benzene rings is 1. The van der Waals surface area contributed by atoms with Gasteiger partial charge in [-0.15, -0.1) is 5.10 Å². The van der Waals surface area contributed by atoms with Gasteiger partial charge in [-0.05, 0) is 35.7 Å². The zero-order valence-corrected chi connectivity index (χ0v) is 8.94. The minimum atomic E-state index is 0.619. The number of nitrogens with zero attached hydrogens (tertiary/aromatic N) is 2. The molecular formula is C12H13N3O. The van der Waals surface area contributed by atoms with Crippen molar-refractivity contribution in [3.05, 3.63) is 29.3 Å². The molecule has 1 aromatic rings. The van der Waals surface area contributed by atoms with Gasteiger partial charge in [0.25, 0.3) is 0 Å².